The van der Waals surface area contributed by atoms with Crippen molar-refractivity contribution in [3.8, 4) is 28.4 Å². The van der Waals surface area contributed by atoms with Gasteiger partial charge < -0.3 is 14.6 Å². The molecule has 0 amide bonds. The number of aldehydes is 1. The van der Waals surface area contributed by atoms with E-state index >= 15 is 0 Å². The van der Waals surface area contributed by atoms with Gasteiger partial charge in [-0.3, -0.25) is 4.79 Å². The molecule has 0 fully saturated rings. The highest BCUT2D eigenvalue weighted by molar-refractivity contribution is 5.91. The average molecular weight is 276 g/mol. The van der Waals surface area contributed by atoms with Crippen molar-refractivity contribution in [2.45, 2.75) is 0 Å². The van der Waals surface area contributed by atoms with E-state index in [1.807, 2.05) is 0 Å². The Balaban J connectivity index is 2.77. The molecule has 5 heteroatoms. The number of benzene rings is 2. The molecule has 0 bridgehead atoms. The van der Waals surface area contributed by atoms with Gasteiger partial charge in [0, 0.05) is 11.1 Å². The van der Waals surface area contributed by atoms with Gasteiger partial charge in [0.25, 0.3) is 0 Å². The first kappa shape index (κ1) is 13.9. The van der Waals surface area contributed by atoms with Crippen molar-refractivity contribution < 1.29 is 23.8 Å². The predicted molar refractivity (Wildman–Crippen MR) is 72.0 cm³/mol. The van der Waals surface area contributed by atoms with Crippen molar-refractivity contribution in [3.63, 3.8) is 0 Å². The van der Waals surface area contributed by atoms with Crippen molar-refractivity contribution >= 4 is 6.29 Å². The number of carbonyl (C=O) groups is 1. The second-order valence-corrected chi connectivity index (χ2v) is 4.02. The summed E-state index contributed by atoms with van der Waals surface area (Å²) in [5, 5.41) is 9.80. The van der Waals surface area contributed by atoms with E-state index < -0.39 is 5.82 Å². The minimum absolute atomic E-state index is 0.191. The zero-order chi connectivity index (χ0) is 14.7. The zero-order valence-electron chi connectivity index (χ0n) is 11.0. The molecule has 2 aromatic carbocycles. The predicted octanol–water partition coefficient (Wildman–Crippen LogP) is 3.03. The molecule has 0 aromatic heterocycles. The van der Waals surface area contributed by atoms with Crippen LogP contribution in [0.15, 0.2) is 30.3 Å². The van der Waals surface area contributed by atoms with Gasteiger partial charge in [0.1, 0.15) is 5.75 Å². The fraction of sp³-hybridized carbons (Fsp3) is 0.133. The molecular formula is C15H13FO4. The van der Waals surface area contributed by atoms with Gasteiger partial charge in [0.15, 0.2) is 23.6 Å². The summed E-state index contributed by atoms with van der Waals surface area (Å²) < 4.78 is 24.1. The van der Waals surface area contributed by atoms with Gasteiger partial charge in [-0.15, -0.1) is 0 Å². The number of rotatable bonds is 4. The Labute approximate surface area is 115 Å². The third kappa shape index (κ3) is 2.18. The topological polar surface area (TPSA) is 55.8 Å². The summed E-state index contributed by atoms with van der Waals surface area (Å²) in [6.45, 7) is 0. The van der Waals surface area contributed by atoms with Crippen LogP contribution in [0.1, 0.15) is 10.4 Å². The highest BCUT2D eigenvalue weighted by atomic mass is 19.1. The number of para-hydroxylation sites is 1. The molecule has 0 heterocycles. The van der Waals surface area contributed by atoms with E-state index in [2.05, 4.69) is 0 Å². The highest BCUT2D eigenvalue weighted by Gasteiger charge is 2.21. The lowest BCUT2D eigenvalue weighted by Crippen LogP contribution is -1.99. The van der Waals surface area contributed by atoms with Crippen molar-refractivity contribution in [2.24, 2.45) is 0 Å². The van der Waals surface area contributed by atoms with Gasteiger partial charge in [0.2, 0.25) is 0 Å². The normalized spacial score (nSPS) is 10.2. The van der Waals surface area contributed by atoms with Crippen LogP contribution in [-0.4, -0.2) is 25.6 Å². The van der Waals surface area contributed by atoms with Crippen LogP contribution >= 0.6 is 0 Å². The quantitative estimate of drug-likeness (QED) is 0.872. The standard InChI is InChI=1S/C15H13FO4/c1-19-13-6-4-3-5-9(13)10-7-12(18)15(20-2)14(16)11(10)8-17/h3-8,18H,1-2H3. The molecule has 0 unspecified atom stereocenters. The van der Waals surface area contributed by atoms with E-state index in [4.69, 9.17) is 9.47 Å². The largest absolute Gasteiger partial charge is 0.504 e. The lowest BCUT2D eigenvalue weighted by molar-refractivity contribution is 0.111. The van der Waals surface area contributed by atoms with Crippen LogP contribution in [-0.2, 0) is 0 Å². The Kier molecular flexibility index (Phi) is 3.89. The molecule has 104 valence electrons. The molecule has 0 saturated carbocycles. The van der Waals surface area contributed by atoms with Gasteiger partial charge in [-0.2, -0.15) is 0 Å². The second kappa shape index (κ2) is 5.61. The van der Waals surface area contributed by atoms with Crippen LogP contribution < -0.4 is 9.47 Å². The van der Waals surface area contributed by atoms with Crippen LogP contribution in [0, 0.1) is 5.82 Å². The molecule has 0 aliphatic carbocycles. The van der Waals surface area contributed by atoms with Gasteiger partial charge >= 0.3 is 0 Å². The second-order valence-electron chi connectivity index (χ2n) is 4.02. The number of halogens is 1. The Morgan fingerprint density at radius 2 is 1.85 bits per heavy atom. The van der Waals surface area contributed by atoms with Crippen molar-refractivity contribution in [3.05, 3.63) is 41.7 Å². The summed E-state index contributed by atoms with van der Waals surface area (Å²) >= 11 is 0. The summed E-state index contributed by atoms with van der Waals surface area (Å²) in [6.07, 6.45) is 0.388. The van der Waals surface area contributed by atoms with E-state index in [1.165, 1.54) is 20.3 Å². The number of ether oxygens (including phenoxy) is 2. The summed E-state index contributed by atoms with van der Waals surface area (Å²) in [5.74, 6) is -1.16. The van der Waals surface area contributed by atoms with Gasteiger partial charge in [-0.25, -0.2) is 4.39 Å². The molecule has 20 heavy (non-hydrogen) atoms. The van der Waals surface area contributed by atoms with E-state index in [0.717, 1.165) is 0 Å². The van der Waals surface area contributed by atoms with Crippen LogP contribution in [0.25, 0.3) is 11.1 Å². The molecule has 0 spiro atoms. The van der Waals surface area contributed by atoms with Crippen LogP contribution in [0.3, 0.4) is 0 Å². The highest BCUT2D eigenvalue weighted by Crippen LogP contribution is 2.40. The maximum Gasteiger partial charge on any atom is 0.197 e. The summed E-state index contributed by atoms with van der Waals surface area (Å²) in [4.78, 5) is 11.2. The maximum absolute atomic E-state index is 14.2. The summed E-state index contributed by atoms with van der Waals surface area (Å²) in [5.41, 5.74) is 0.561. The van der Waals surface area contributed by atoms with E-state index in [9.17, 15) is 14.3 Å². The molecule has 0 aliphatic heterocycles. The minimum Gasteiger partial charge on any atom is -0.504 e. The smallest absolute Gasteiger partial charge is 0.197 e. The molecule has 0 aliphatic rings. The lowest BCUT2D eigenvalue weighted by Gasteiger charge is -2.14. The molecule has 0 saturated heterocycles. The SMILES string of the molecule is COc1ccccc1-c1cc(O)c(OC)c(F)c1C=O. The van der Waals surface area contributed by atoms with E-state index in [0.29, 0.717) is 17.6 Å². The first-order valence-electron chi connectivity index (χ1n) is 5.82. The van der Waals surface area contributed by atoms with Crippen molar-refractivity contribution in [1.29, 1.82) is 0 Å². The number of hydrogen-bond acceptors (Lipinski definition) is 4. The average Bonchev–Trinajstić information content (AvgIpc) is 2.47. The molecule has 4 nitrogen and oxygen atoms in total. The van der Waals surface area contributed by atoms with Gasteiger partial charge in [-0.05, 0) is 12.1 Å². The van der Waals surface area contributed by atoms with E-state index in [-0.39, 0.29) is 22.6 Å². The number of phenolic OH excluding ortho intramolecular Hbond substituents is 1. The van der Waals surface area contributed by atoms with Crippen LogP contribution in [0.5, 0.6) is 17.2 Å². The van der Waals surface area contributed by atoms with Gasteiger partial charge in [0.05, 0.1) is 19.8 Å². The Morgan fingerprint density at radius 3 is 2.45 bits per heavy atom. The number of carbonyl (C=O) groups excluding carboxylic acids is 1. The Bertz CT molecular complexity index is 653. The number of phenols is 1. The molecule has 0 atom stereocenters. The van der Waals surface area contributed by atoms with Crippen molar-refractivity contribution in [2.75, 3.05) is 14.2 Å². The third-order valence-corrected chi connectivity index (χ3v) is 2.96. The van der Waals surface area contributed by atoms with Crippen LogP contribution in [0.4, 0.5) is 4.39 Å². The zero-order valence-corrected chi connectivity index (χ0v) is 11.0. The number of aromatic hydroxyl groups is 1. The molecular weight excluding hydrogens is 263 g/mol. The maximum atomic E-state index is 14.2. The molecule has 2 rings (SSSR count). The van der Waals surface area contributed by atoms with E-state index in [1.54, 1.807) is 24.3 Å². The minimum atomic E-state index is -0.900. The van der Waals surface area contributed by atoms with Gasteiger partial charge in [-0.1, -0.05) is 18.2 Å². The molecule has 1 N–H and O–H groups in total. The molecule has 0 radical (unpaired) electrons. The Morgan fingerprint density at radius 1 is 1.15 bits per heavy atom. The Hall–Kier alpha value is -2.56. The summed E-state index contributed by atoms with van der Waals surface area (Å²) in [7, 11) is 2.69. The number of methoxy groups -OCH3 is 2. The number of hydrogen-bond donors (Lipinski definition) is 1. The first-order chi connectivity index (χ1) is 9.63. The fourth-order valence-electron chi connectivity index (χ4n) is 2.03. The lowest BCUT2D eigenvalue weighted by atomic mass is 9.98. The fourth-order valence-corrected chi connectivity index (χ4v) is 2.03. The third-order valence-electron chi connectivity index (χ3n) is 2.96. The van der Waals surface area contributed by atoms with Crippen molar-refractivity contribution in [1.82, 2.24) is 0 Å². The first-order valence-corrected chi connectivity index (χ1v) is 5.82. The summed E-state index contributed by atoms with van der Waals surface area (Å²) in [6, 6.07) is 8.12. The monoisotopic (exact) mass is 276 g/mol. The van der Waals surface area contributed by atoms with Crippen LogP contribution in [0.2, 0.25) is 0 Å². The molecule has 2 aromatic rings.